The Labute approximate surface area is 206 Å². The Morgan fingerprint density at radius 2 is 1.91 bits per heavy atom. The number of thiophene rings is 1. The minimum Gasteiger partial charge on any atom is -0.324 e. The highest BCUT2D eigenvalue weighted by atomic mass is 35.5. The van der Waals surface area contributed by atoms with Crippen LogP contribution in [0, 0.1) is 0 Å². The molecular formula is C24H17ClF3N3OS2. The summed E-state index contributed by atoms with van der Waals surface area (Å²) < 4.78 is 40.8. The van der Waals surface area contributed by atoms with E-state index in [1.807, 2.05) is 6.07 Å². The number of amides is 1. The number of carbonyl (C=O) groups is 1. The third kappa shape index (κ3) is 4.52. The summed E-state index contributed by atoms with van der Waals surface area (Å²) in [4.78, 5) is 24.4. The van der Waals surface area contributed by atoms with Crippen LogP contribution in [0.25, 0.3) is 10.2 Å². The first kappa shape index (κ1) is 23.1. The lowest BCUT2D eigenvalue weighted by atomic mass is 10.1. The molecule has 1 N–H and O–H groups in total. The van der Waals surface area contributed by atoms with E-state index in [1.54, 1.807) is 35.6 Å². The highest BCUT2D eigenvalue weighted by molar-refractivity contribution is 8.00. The Morgan fingerprint density at radius 3 is 2.68 bits per heavy atom. The van der Waals surface area contributed by atoms with Crippen LogP contribution in [0.3, 0.4) is 0 Å². The van der Waals surface area contributed by atoms with Gasteiger partial charge in [0, 0.05) is 15.3 Å². The Kier molecular flexibility index (Phi) is 6.26. The van der Waals surface area contributed by atoms with E-state index in [2.05, 4.69) is 15.3 Å². The molecule has 174 valence electrons. The van der Waals surface area contributed by atoms with E-state index in [1.165, 1.54) is 40.7 Å². The van der Waals surface area contributed by atoms with E-state index in [0.717, 1.165) is 35.5 Å². The fourth-order valence-corrected chi connectivity index (χ4v) is 6.65. The second kappa shape index (κ2) is 9.20. The molecule has 2 heterocycles. The summed E-state index contributed by atoms with van der Waals surface area (Å²) >= 11 is 8.65. The molecule has 1 aliphatic rings. The lowest BCUT2D eigenvalue weighted by Gasteiger charge is -2.19. The number of nitrogens with one attached hydrogen (secondary N) is 1. The van der Waals surface area contributed by atoms with Gasteiger partial charge in [-0.1, -0.05) is 53.7 Å². The van der Waals surface area contributed by atoms with Gasteiger partial charge >= 0.3 is 6.18 Å². The number of thioether (sulfide) groups is 1. The molecule has 2 aromatic carbocycles. The lowest BCUT2D eigenvalue weighted by molar-refractivity contribution is -0.137. The number of hydrogen-bond acceptors (Lipinski definition) is 5. The highest BCUT2D eigenvalue weighted by Gasteiger charge is 2.35. The zero-order valence-electron chi connectivity index (χ0n) is 17.5. The van der Waals surface area contributed by atoms with Crippen LogP contribution in [0.2, 0.25) is 5.02 Å². The largest absolute Gasteiger partial charge is 0.418 e. The van der Waals surface area contributed by atoms with Crippen LogP contribution in [0.4, 0.5) is 18.9 Å². The van der Waals surface area contributed by atoms with Crippen molar-refractivity contribution in [2.75, 3.05) is 5.32 Å². The number of halogens is 4. The van der Waals surface area contributed by atoms with Gasteiger partial charge in [0.2, 0.25) is 5.91 Å². The monoisotopic (exact) mass is 519 g/mol. The first-order valence-corrected chi connectivity index (χ1v) is 12.5. The van der Waals surface area contributed by atoms with Crippen LogP contribution in [0.1, 0.15) is 33.2 Å². The maximum absolute atomic E-state index is 13.6. The van der Waals surface area contributed by atoms with E-state index < -0.39 is 22.9 Å². The van der Waals surface area contributed by atoms with Crippen molar-refractivity contribution in [3.8, 4) is 0 Å². The predicted octanol–water partition coefficient (Wildman–Crippen LogP) is 7.32. The van der Waals surface area contributed by atoms with Gasteiger partial charge in [-0.2, -0.15) is 13.2 Å². The van der Waals surface area contributed by atoms with Crippen LogP contribution in [0.15, 0.2) is 59.9 Å². The molecular weight excluding hydrogens is 503 g/mol. The van der Waals surface area contributed by atoms with E-state index in [-0.39, 0.29) is 10.7 Å². The average molecular weight is 520 g/mol. The number of aryl methyl sites for hydroxylation is 2. The number of nitrogens with zero attached hydrogens (tertiary/aromatic N) is 2. The Bertz CT molecular complexity index is 1380. The van der Waals surface area contributed by atoms with E-state index in [4.69, 9.17) is 11.6 Å². The summed E-state index contributed by atoms with van der Waals surface area (Å²) in [5.74, 6) is -0.581. The Morgan fingerprint density at radius 1 is 1.12 bits per heavy atom. The summed E-state index contributed by atoms with van der Waals surface area (Å²) in [5.41, 5.74) is 0.538. The smallest absolute Gasteiger partial charge is 0.324 e. The van der Waals surface area contributed by atoms with Gasteiger partial charge < -0.3 is 5.32 Å². The minimum absolute atomic E-state index is 0.0611. The highest BCUT2D eigenvalue weighted by Crippen LogP contribution is 2.44. The second-order valence-electron chi connectivity index (χ2n) is 7.80. The number of alkyl halides is 3. The summed E-state index contributed by atoms with van der Waals surface area (Å²) in [7, 11) is 0. The van der Waals surface area contributed by atoms with Gasteiger partial charge in [0.1, 0.15) is 21.4 Å². The van der Waals surface area contributed by atoms with Crippen molar-refractivity contribution in [2.45, 2.75) is 35.7 Å². The quantitative estimate of drug-likeness (QED) is 0.221. The average Bonchev–Trinajstić information content (AvgIpc) is 3.40. The summed E-state index contributed by atoms with van der Waals surface area (Å²) in [6, 6.07) is 12.3. The number of carbonyl (C=O) groups excluding carboxylic acids is 1. The maximum Gasteiger partial charge on any atom is 0.418 e. The van der Waals surface area contributed by atoms with E-state index in [0.29, 0.717) is 10.6 Å². The van der Waals surface area contributed by atoms with Gasteiger partial charge in [-0.15, -0.1) is 11.3 Å². The van der Waals surface area contributed by atoms with Crippen molar-refractivity contribution in [3.63, 3.8) is 0 Å². The van der Waals surface area contributed by atoms with Gasteiger partial charge in [0.15, 0.2) is 0 Å². The van der Waals surface area contributed by atoms with E-state index in [9.17, 15) is 18.0 Å². The molecule has 0 saturated heterocycles. The predicted molar refractivity (Wildman–Crippen MR) is 130 cm³/mol. The van der Waals surface area contributed by atoms with Gasteiger partial charge in [-0.25, -0.2) is 9.97 Å². The van der Waals surface area contributed by atoms with Crippen LogP contribution in [-0.4, -0.2) is 15.9 Å². The number of hydrogen-bond donors (Lipinski definition) is 1. The van der Waals surface area contributed by atoms with Crippen LogP contribution in [0.5, 0.6) is 0 Å². The molecule has 0 bridgehead atoms. The van der Waals surface area contributed by atoms with Crippen molar-refractivity contribution < 1.29 is 18.0 Å². The summed E-state index contributed by atoms with van der Waals surface area (Å²) in [6.45, 7) is 0. The third-order valence-corrected chi connectivity index (χ3v) is 8.27. The molecule has 0 aliphatic heterocycles. The van der Waals surface area contributed by atoms with Crippen LogP contribution in [-0.2, 0) is 23.8 Å². The van der Waals surface area contributed by atoms with Gasteiger partial charge in [0.05, 0.1) is 11.3 Å². The maximum atomic E-state index is 13.6. The fourth-order valence-electron chi connectivity index (χ4n) is 4.06. The summed E-state index contributed by atoms with van der Waals surface area (Å²) in [6.07, 6.45) is -0.205. The first-order valence-electron chi connectivity index (χ1n) is 10.5. The van der Waals surface area contributed by atoms with Crippen molar-refractivity contribution >= 4 is 56.5 Å². The van der Waals surface area contributed by atoms with Crippen molar-refractivity contribution in [1.29, 1.82) is 0 Å². The number of rotatable bonds is 5. The first-order chi connectivity index (χ1) is 16.3. The number of benzene rings is 2. The molecule has 1 aliphatic carbocycles. The Hall–Kier alpha value is -2.62. The minimum atomic E-state index is -4.67. The molecule has 1 atom stereocenters. The third-order valence-electron chi connectivity index (χ3n) is 5.58. The second-order valence-corrected chi connectivity index (χ2v) is 10.4. The zero-order chi connectivity index (χ0) is 23.9. The van der Waals surface area contributed by atoms with Gasteiger partial charge in [-0.05, 0) is 48.6 Å². The normalized spacial score (nSPS) is 14.2. The molecule has 1 unspecified atom stereocenters. The molecule has 5 rings (SSSR count). The van der Waals surface area contributed by atoms with E-state index >= 15 is 0 Å². The standard InChI is InChI=1S/C24H17ClF3N3OS2/c25-14-9-10-17(16(11-14)24(26,27)28)31-21(32)20(13-5-2-1-3-6-13)34-23-19-15-7-4-8-18(15)33-22(19)29-12-30-23/h1-3,5-6,9-12,20H,4,7-8H2,(H,31,32). The summed E-state index contributed by atoms with van der Waals surface area (Å²) in [5, 5.41) is 3.19. The molecule has 34 heavy (non-hydrogen) atoms. The van der Waals surface area contributed by atoms with Gasteiger partial charge in [0.25, 0.3) is 0 Å². The molecule has 2 aromatic heterocycles. The molecule has 4 aromatic rings. The lowest BCUT2D eigenvalue weighted by Crippen LogP contribution is -2.21. The van der Waals surface area contributed by atoms with Crippen LogP contribution < -0.4 is 5.32 Å². The SMILES string of the molecule is O=C(Nc1ccc(Cl)cc1C(F)(F)F)C(Sc1ncnc2sc3c(c12)CCC3)c1ccccc1. The zero-order valence-corrected chi connectivity index (χ0v) is 19.9. The molecule has 1 amide bonds. The molecule has 10 heteroatoms. The molecule has 0 fully saturated rings. The number of fused-ring (bicyclic) bond motifs is 3. The Balaban J connectivity index is 1.53. The molecule has 0 saturated carbocycles. The van der Waals surface area contributed by atoms with Crippen LogP contribution >= 0.6 is 34.7 Å². The molecule has 4 nitrogen and oxygen atoms in total. The van der Waals surface area contributed by atoms with Gasteiger partial charge in [-0.3, -0.25) is 4.79 Å². The molecule has 0 radical (unpaired) electrons. The van der Waals surface area contributed by atoms with Crippen molar-refractivity contribution in [2.24, 2.45) is 0 Å². The molecule has 0 spiro atoms. The number of anilines is 1. The topological polar surface area (TPSA) is 54.9 Å². The van der Waals surface area contributed by atoms with Crippen molar-refractivity contribution in [1.82, 2.24) is 9.97 Å². The number of aromatic nitrogens is 2. The van der Waals surface area contributed by atoms with Crippen molar-refractivity contribution in [3.05, 3.63) is 81.4 Å². The fraction of sp³-hybridized carbons (Fsp3) is 0.208.